The van der Waals surface area contributed by atoms with Crippen LogP contribution in [0, 0.1) is 12.7 Å². The van der Waals surface area contributed by atoms with Gasteiger partial charge in [-0.1, -0.05) is 81.4 Å². The molecule has 38 heavy (non-hydrogen) atoms. The molecule has 2 nitrogen and oxygen atoms in total. The highest BCUT2D eigenvalue weighted by Gasteiger charge is 2.23. The minimum Gasteiger partial charge on any atom is -0.454 e. The van der Waals surface area contributed by atoms with Gasteiger partial charge in [-0.3, -0.25) is 0 Å². The highest BCUT2D eigenvalue weighted by molar-refractivity contribution is 6.13. The van der Waals surface area contributed by atoms with E-state index in [0.29, 0.717) is 22.9 Å². The van der Waals surface area contributed by atoms with Crippen molar-refractivity contribution in [2.45, 2.75) is 33.1 Å². The third-order valence-corrected chi connectivity index (χ3v) is 7.46. The second-order valence-electron chi connectivity index (χ2n) is 11.0. The number of hydrogen-bond donors (Lipinski definition) is 0. The first-order valence-corrected chi connectivity index (χ1v) is 12.9. The smallest absolute Gasteiger partial charge is 0.216 e. The first kappa shape index (κ1) is 22.9. The molecule has 0 radical (unpaired) electrons. The van der Waals surface area contributed by atoms with Gasteiger partial charge in [0.1, 0.15) is 25.4 Å². The van der Waals surface area contributed by atoms with Gasteiger partial charge in [0.15, 0.2) is 6.17 Å². The number of nitrogens with zero attached hydrogens (tertiary/aromatic N) is 1. The number of benzene rings is 4. The predicted molar refractivity (Wildman–Crippen MR) is 155 cm³/mol. The molecule has 0 aliphatic carbocycles. The summed E-state index contributed by atoms with van der Waals surface area (Å²) in [5.74, 6) is -0.319. The van der Waals surface area contributed by atoms with Crippen LogP contribution in [0.1, 0.15) is 33.3 Å². The molecule has 0 amide bonds. The number of hydrogen-bond acceptors (Lipinski definition) is 1. The van der Waals surface area contributed by atoms with Gasteiger partial charge in [0.2, 0.25) is 5.69 Å². The molecule has 188 valence electrons. The van der Waals surface area contributed by atoms with Gasteiger partial charge in [-0.15, -0.1) is 0 Å². The third kappa shape index (κ3) is 3.99. The van der Waals surface area contributed by atoms with E-state index in [9.17, 15) is 0 Å². The normalized spacial score (nSPS) is 12.3. The van der Waals surface area contributed by atoms with Crippen LogP contribution < -0.4 is 4.57 Å². The summed E-state index contributed by atoms with van der Waals surface area (Å²) < 4.78 is 32.1. The molecule has 2 heterocycles. The van der Waals surface area contributed by atoms with Crippen molar-refractivity contribution >= 4 is 21.9 Å². The largest absolute Gasteiger partial charge is 0.454 e. The molecule has 6 rings (SSSR count). The Morgan fingerprint density at radius 3 is 1.95 bits per heavy atom. The lowest BCUT2D eigenvalue weighted by molar-refractivity contribution is -0.660. The molecule has 0 saturated carbocycles. The van der Waals surface area contributed by atoms with Crippen molar-refractivity contribution in [2.75, 3.05) is 0 Å². The molecule has 0 spiro atoms. The molecule has 0 unspecified atom stereocenters. The van der Waals surface area contributed by atoms with Gasteiger partial charge in [0, 0.05) is 22.9 Å². The average molecular weight is 502 g/mol. The Kier molecular flexibility index (Phi) is 5.40. The van der Waals surface area contributed by atoms with Gasteiger partial charge in [-0.05, 0) is 58.4 Å². The van der Waals surface area contributed by atoms with E-state index in [2.05, 4.69) is 51.1 Å². The fraction of sp³-hybridized carbons (Fsp3) is 0.171. The minimum atomic E-state index is -0.319. The summed E-state index contributed by atoms with van der Waals surface area (Å²) in [4.78, 5) is 0. The van der Waals surface area contributed by atoms with Crippen LogP contribution in [0.2, 0.25) is 0 Å². The van der Waals surface area contributed by atoms with E-state index >= 15 is 4.39 Å². The van der Waals surface area contributed by atoms with Gasteiger partial charge in [-0.25, -0.2) is 8.96 Å². The quantitative estimate of drug-likeness (QED) is 0.221. The second kappa shape index (κ2) is 8.95. The zero-order valence-electron chi connectivity index (χ0n) is 23.4. The van der Waals surface area contributed by atoms with Crippen molar-refractivity contribution in [1.29, 1.82) is 0 Å². The average Bonchev–Trinajstić information content (AvgIpc) is 3.28. The van der Waals surface area contributed by atoms with Crippen molar-refractivity contribution < 1.29 is 14.7 Å². The number of halogens is 1. The van der Waals surface area contributed by atoms with E-state index in [1.165, 1.54) is 11.6 Å². The van der Waals surface area contributed by atoms with E-state index in [1.807, 2.05) is 61.0 Å². The van der Waals surface area contributed by atoms with Gasteiger partial charge >= 0.3 is 0 Å². The fourth-order valence-corrected chi connectivity index (χ4v) is 5.28. The molecule has 4 aromatic carbocycles. The van der Waals surface area contributed by atoms with Crippen molar-refractivity contribution in [1.82, 2.24) is 0 Å². The maximum atomic E-state index is 15.4. The molecule has 0 aliphatic rings. The lowest BCUT2D eigenvalue weighted by Crippen LogP contribution is -2.30. The van der Waals surface area contributed by atoms with Gasteiger partial charge < -0.3 is 4.42 Å². The Hall–Kier alpha value is -4.24. The van der Waals surface area contributed by atoms with Crippen LogP contribution in [-0.4, -0.2) is 0 Å². The van der Waals surface area contributed by atoms with E-state index < -0.39 is 0 Å². The van der Waals surface area contributed by atoms with Crippen LogP contribution >= 0.6 is 0 Å². The summed E-state index contributed by atoms with van der Waals surface area (Å²) in [6.45, 7) is 8.66. The van der Waals surface area contributed by atoms with Crippen molar-refractivity contribution in [2.24, 2.45) is 7.05 Å². The maximum absolute atomic E-state index is 15.4. The van der Waals surface area contributed by atoms with E-state index in [4.69, 9.17) is 5.79 Å². The van der Waals surface area contributed by atoms with E-state index in [1.54, 1.807) is 12.1 Å². The summed E-state index contributed by atoms with van der Waals surface area (Å²) in [5.41, 5.74) is 8.89. The zero-order chi connectivity index (χ0) is 27.5. The predicted octanol–water partition coefficient (Wildman–Crippen LogP) is 9.16. The molecule has 0 N–H and O–H groups in total. The maximum Gasteiger partial charge on any atom is 0.216 e. The number of rotatable bonds is 3. The van der Waals surface area contributed by atoms with Crippen molar-refractivity contribution in [3.8, 4) is 33.5 Å². The summed E-state index contributed by atoms with van der Waals surface area (Å²) in [6, 6.07) is 29.7. The van der Waals surface area contributed by atoms with Gasteiger partial charge in [-0.2, -0.15) is 0 Å². The zero-order valence-corrected chi connectivity index (χ0v) is 22.4. The molecule has 0 aliphatic heterocycles. The number of fused-ring (bicyclic) bond motifs is 3. The number of aryl methyl sites for hydroxylation is 1. The Morgan fingerprint density at radius 2 is 1.29 bits per heavy atom. The summed E-state index contributed by atoms with van der Waals surface area (Å²) in [6.07, 6.45) is 0.403. The first-order valence-electron chi connectivity index (χ1n) is 13.4. The van der Waals surface area contributed by atoms with Crippen LogP contribution in [0.15, 0.2) is 102 Å². The molecular weight excluding hydrogens is 469 g/mol. The summed E-state index contributed by atoms with van der Waals surface area (Å²) >= 11 is 0. The topological polar surface area (TPSA) is 17.0 Å². The Balaban J connectivity index is 1.49. The fourth-order valence-electron chi connectivity index (χ4n) is 5.28. The van der Waals surface area contributed by atoms with Crippen molar-refractivity contribution in [3.05, 3.63) is 114 Å². The van der Waals surface area contributed by atoms with E-state index in [-0.39, 0.29) is 11.2 Å². The number of pyridine rings is 1. The van der Waals surface area contributed by atoms with Crippen LogP contribution in [0.4, 0.5) is 4.39 Å². The van der Waals surface area contributed by atoms with Crippen LogP contribution in [0.25, 0.3) is 55.4 Å². The third-order valence-electron chi connectivity index (χ3n) is 7.46. The summed E-state index contributed by atoms with van der Waals surface area (Å²) in [5, 5.41) is 1.80. The van der Waals surface area contributed by atoms with Crippen LogP contribution in [0.3, 0.4) is 0 Å². The van der Waals surface area contributed by atoms with Gasteiger partial charge in [0.05, 0.1) is 11.1 Å². The molecule has 6 aromatic rings. The number of aromatic nitrogens is 1. The standard InChI is InChI=1S/C35H31FNO/c1-22-9-18-27-28-19-20-29(36)32(34(28)38-33(27)31(22)30-8-6-7-21-37(30)5)25-12-10-23(11-13-25)24-14-16-26(17-15-24)35(2,3)4/h6-21H,1-5H3/q+1/i21D. The lowest BCUT2D eigenvalue weighted by atomic mass is 9.86. The molecule has 3 heteroatoms. The molecule has 0 atom stereocenters. The molecular formula is C35H31FNO+. The van der Waals surface area contributed by atoms with Crippen molar-refractivity contribution in [3.63, 3.8) is 0 Å². The van der Waals surface area contributed by atoms with Crippen LogP contribution in [0.5, 0.6) is 0 Å². The highest BCUT2D eigenvalue weighted by Crippen LogP contribution is 2.41. The van der Waals surface area contributed by atoms with Gasteiger partial charge in [0.25, 0.3) is 0 Å². The SMILES string of the molecule is [2H]c1cccc(-c2c(C)ccc3c2oc2c(-c4ccc(-c5ccc(C(C)(C)C)cc5)cc4)c(F)ccc23)[n+]1C. The van der Waals surface area contributed by atoms with Crippen LogP contribution in [-0.2, 0) is 12.5 Å². The molecule has 0 saturated heterocycles. The lowest BCUT2D eigenvalue weighted by Gasteiger charge is -2.19. The minimum absolute atomic E-state index is 0.102. The Bertz CT molecular complexity index is 1860. The monoisotopic (exact) mass is 501 g/mol. The Morgan fingerprint density at radius 1 is 0.711 bits per heavy atom. The molecule has 2 aromatic heterocycles. The Labute approximate surface area is 224 Å². The molecule has 0 bridgehead atoms. The molecule has 0 fully saturated rings. The highest BCUT2D eigenvalue weighted by atomic mass is 19.1. The summed E-state index contributed by atoms with van der Waals surface area (Å²) in [7, 11) is 1.88. The number of furan rings is 1. The second-order valence-corrected chi connectivity index (χ2v) is 11.0. The first-order chi connectivity index (χ1) is 18.6. The van der Waals surface area contributed by atoms with E-state index in [0.717, 1.165) is 44.3 Å².